The fourth-order valence-electron chi connectivity index (χ4n) is 1.92. The molecule has 82 valence electrons. The molecule has 2 atom stereocenters. The van der Waals surface area contributed by atoms with E-state index in [0.29, 0.717) is 12.8 Å². The average molecular weight is 200 g/mol. The maximum atomic E-state index is 9.79. The third kappa shape index (κ3) is 2.80. The van der Waals surface area contributed by atoms with E-state index in [9.17, 15) is 10.2 Å². The minimum Gasteiger partial charge on any atom is -0.396 e. The zero-order valence-corrected chi connectivity index (χ0v) is 8.90. The summed E-state index contributed by atoms with van der Waals surface area (Å²) in [6.07, 6.45) is 3.38. The highest BCUT2D eigenvalue weighted by molar-refractivity contribution is 5.13. The van der Waals surface area contributed by atoms with Crippen LogP contribution in [0.1, 0.15) is 33.1 Å². The molecule has 0 saturated heterocycles. The first-order valence-electron chi connectivity index (χ1n) is 5.15. The summed E-state index contributed by atoms with van der Waals surface area (Å²) >= 11 is 0. The van der Waals surface area contributed by atoms with E-state index in [4.69, 9.17) is 5.11 Å². The van der Waals surface area contributed by atoms with Crippen LogP contribution in [0, 0.1) is 5.92 Å². The van der Waals surface area contributed by atoms with E-state index in [-0.39, 0.29) is 12.5 Å². The topological polar surface area (TPSA) is 60.7 Å². The molecule has 0 aromatic heterocycles. The highest BCUT2D eigenvalue weighted by Crippen LogP contribution is 2.32. The number of aliphatic hydroxyl groups is 3. The van der Waals surface area contributed by atoms with Gasteiger partial charge in [0, 0.05) is 6.61 Å². The Balaban J connectivity index is 2.62. The average Bonchev–Trinajstić information content (AvgIpc) is 2.07. The summed E-state index contributed by atoms with van der Waals surface area (Å²) in [5.74, 6) is 0.111. The van der Waals surface area contributed by atoms with Crippen LogP contribution in [0.5, 0.6) is 0 Å². The second-order valence-electron chi connectivity index (χ2n) is 4.59. The molecule has 1 rings (SSSR count). The molecule has 0 spiro atoms. The summed E-state index contributed by atoms with van der Waals surface area (Å²) in [5, 5.41) is 28.3. The van der Waals surface area contributed by atoms with Gasteiger partial charge in [-0.1, -0.05) is 6.08 Å². The molecule has 0 fully saturated rings. The lowest BCUT2D eigenvalue weighted by atomic mass is 9.78. The Morgan fingerprint density at radius 3 is 2.57 bits per heavy atom. The van der Waals surface area contributed by atoms with Crippen LogP contribution >= 0.6 is 0 Å². The Morgan fingerprint density at radius 2 is 2.14 bits per heavy atom. The van der Waals surface area contributed by atoms with E-state index in [1.165, 1.54) is 0 Å². The number of hydrogen-bond donors (Lipinski definition) is 3. The highest BCUT2D eigenvalue weighted by Gasteiger charge is 2.31. The fourth-order valence-corrected chi connectivity index (χ4v) is 1.92. The second-order valence-corrected chi connectivity index (χ2v) is 4.59. The molecule has 3 nitrogen and oxygen atoms in total. The predicted molar refractivity (Wildman–Crippen MR) is 54.8 cm³/mol. The Labute approximate surface area is 85.1 Å². The SMILES string of the molecule is CC(C)(O)[C@@H]1CC=C(CCO)[C@H](O)C1. The molecule has 0 aromatic rings. The van der Waals surface area contributed by atoms with Gasteiger partial charge in [-0.15, -0.1) is 0 Å². The second kappa shape index (κ2) is 4.43. The third-order valence-corrected chi connectivity index (χ3v) is 3.00. The van der Waals surface area contributed by atoms with Crippen LogP contribution in [-0.4, -0.2) is 33.6 Å². The normalized spacial score (nSPS) is 28.8. The molecular weight excluding hydrogens is 180 g/mol. The van der Waals surface area contributed by atoms with Crippen molar-refractivity contribution in [2.45, 2.75) is 44.8 Å². The molecular formula is C11H20O3. The van der Waals surface area contributed by atoms with Crippen molar-refractivity contribution in [2.24, 2.45) is 5.92 Å². The van der Waals surface area contributed by atoms with Gasteiger partial charge < -0.3 is 15.3 Å². The van der Waals surface area contributed by atoms with Crippen molar-refractivity contribution in [3.05, 3.63) is 11.6 Å². The van der Waals surface area contributed by atoms with Gasteiger partial charge in [0.1, 0.15) is 0 Å². The summed E-state index contributed by atoms with van der Waals surface area (Å²) in [7, 11) is 0. The highest BCUT2D eigenvalue weighted by atomic mass is 16.3. The quantitative estimate of drug-likeness (QED) is 0.592. The standard InChI is InChI=1S/C11H20O3/c1-11(2,14)9-4-3-8(5-6-12)10(13)7-9/h3,9-10,12-14H,4-7H2,1-2H3/t9-,10-/m1/s1. The van der Waals surface area contributed by atoms with Crippen LogP contribution < -0.4 is 0 Å². The van der Waals surface area contributed by atoms with E-state index in [1.54, 1.807) is 13.8 Å². The molecule has 0 radical (unpaired) electrons. The Kier molecular flexibility index (Phi) is 3.70. The summed E-state index contributed by atoms with van der Waals surface area (Å²) in [4.78, 5) is 0. The van der Waals surface area contributed by atoms with E-state index >= 15 is 0 Å². The maximum Gasteiger partial charge on any atom is 0.0754 e. The molecule has 0 aliphatic heterocycles. The number of aliphatic hydroxyl groups excluding tert-OH is 2. The van der Waals surface area contributed by atoms with Gasteiger partial charge in [-0.05, 0) is 44.6 Å². The van der Waals surface area contributed by atoms with Crippen LogP contribution in [0.15, 0.2) is 11.6 Å². The van der Waals surface area contributed by atoms with E-state index in [2.05, 4.69) is 0 Å². The molecule has 1 aliphatic rings. The fraction of sp³-hybridized carbons (Fsp3) is 0.818. The Morgan fingerprint density at radius 1 is 1.50 bits per heavy atom. The van der Waals surface area contributed by atoms with Gasteiger partial charge in [0.25, 0.3) is 0 Å². The molecule has 3 N–H and O–H groups in total. The smallest absolute Gasteiger partial charge is 0.0754 e. The largest absolute Gasteiger partial charge is 0.396 e. The number of hydrogen-bond acceptors (Lipinski definition) is 3. The third-order valence-electron chi connectivity index (χ3n) is 3.00. The predicted octanol–water partition coefficient (Wildman–Crippen LogP) is 0.837. The summed E-state index contributed by atoms with van der Waals surface area (Å²) in [5.41, 5.74) is 0.176. The molecule has 0 amide bonds. The van der Waals surface area contributed by atoms with Crippen LogP contribution in [0.2, 0.25) is 0 Å². The maximum absolute atomic E-state index is 9.79. The zero-order chi connectivity index (χ0) is 10.8. The first-order valence-corrected chi connectivity index (χ1v) is 5.15. The van der Waals surface area contributed by atoms with Gasteiger partial charge in [0.05, 0.1) is 11.7 Å². The monoisotopic (exact) mass is 200 g/mol. The van der Waals surface area contributed by atoms with Crippen LogP contribution in [-0.2, 0) is 0 Å². The van der Waals surface area contributed by atoms with E-state index < -0.39 is 11.7 Å². The number of allylic oxidation sites excluding steroid dienone is 1. The van der Waals surface area contributed by atoms with Gasteiger partial charge in [0.15, 0.2) is 0 Å². The molecule has 0 bridgehead atoms. The molecule has 0 unspecified atom stereocenters. The van der Waals surface area contributed by atoms with Crippen LogP contribution in [0.25, 0.3) is 0 Å². The van der Waals surface area contributed by atoms with Gasteiger partial charge >= 0.3 is 0 Å². The van der Waals surface area contributed by atoms with Crippen molar-refractivity contribution in [3.8, 4) is 0 Å². The van der Waals surface area contributed by atoms with Crippen molar-refractivity contribution < 1.29 is 15.3 Å². The minimum absolute atomic E-state index is 0.0794. The molecule has 3 heteroatoms. The first-order chi connectivity index (χ1) is 6.45. The van der Waals surface area contributed by atoms with E-state index in [1.807, 2.05) is 6.08 Å². The minimum atomic E-state index is -0.734. The molecule has 0 saturated carbocycles. The Hall–Kier alpha value is -0.380. The van der Waals surface area contributed by atoms with Crippen LogP contribution in [0.3, 0.4) is 0 Å². The van der Waals surface area contributed by atoms with Gasteiger partial charge in [0.2, 0.25) is 0 Å². The number of rotatable bonds is 3. The van der Waals surface area contributed by atoms with Crippen molar-refractivity contribution >= 4 is 0 Å². The molecule has 14 heavy (non-hydrogen) atoms. The van der Waals surface area contributed by atoms with Crippen molar-refractivity contribution in [1.29, 1.82) is 0 Å². The molecule has 1 aliphatic carbocycles. The molecule has 0 heterocycles. The van der Waals surface area contributed by atoms with Crippen LogP contribution in [0.4, 0.5) is 0 Å². The molecule has 0 aromatic carbocycles. The Bertz CT molecular complexity index is 215. The van der Waals surface area contributed by atoms with Crippen molar-refractivity contribution in [2.75, 3.05) is 6.61 Å². The lowest BCUT2D eigenvalue weighted by Gasteiger charge is -2.34. The van der Waals surface area contributed by atoms with Crippen molar-refractivity contribution in [1.82, 2.24) is 0 Å². The van der Waals surface area contributed by atoms with Crippen molar-refractivity contribution in [3.63, 3.8) is 0 Å². The van der Waals surface area contributed by atoms with Gasteiger partial charge in [-0.2, -0.15) is 0 Å². The summed E-state index contributed by atoms with van der Waals surface area (Å²) in [6.45, 7) is 3.63. The first kappa shape index (κ1) is 11.7. The van der Waals surface area contributed by atoms with E-state index in [0.717, 1.165) is 12.0 Å². The lowest BCUT2D eigenvalue weighted by molar-refractivity contribution is -0.00635. The lowest BCUT2D eigenvalue weighted by Crippen LogP contribution is -2.36. The van der Waals surface area contributed by atoms with Gasteiger partial charge in [-0.25, -0.2) is 0 Å². The summed E-state index contributed by atoms with van der Waals surface area (Å²) in [6, 6.07) is 0. The van der Waals surface area contributed by atoms with Gasteiger partial charge in [-0.3, -0.25) is 0 Å². The summed E-state index contributed by atoms with van der Waals surface area (Å²) < 4.78 is 0. The zero-order valence-electron chi connectivity index (χ0n) is 8.90.